The van der Waals surface area contributed by atoms with Crippen LogP contribution in [-0.4, -0.2) is 25.2 Å². The molecule has 0 spiro atoms. The number of halogens is 3. The highest BCUT2D eigenvalue weighted by molar-refractivity contribution is 6.73. The van der Waals surface area contributed by atoms with Crippen molar-refractivity contribution >= 4 is 18.4 Å². The minimum absolute atomic E-state index is 0.0115. The molecule has 1 rings (SSSR count). The summed E-state index contributed by atoms with van der Waals surface area (Å²) >= 11 is 0. The molecule has 0 N–H and O–H groups in total. The van der Waals surface area contributed by atoms with Gasteiger partial charge in [0.15, 0.2) is 6.61 Å². The Morgan fingerprint density at radius 1 is 1.26 bits per heavy atom. The van der Waals surface area contributed by atoms with Gasteiger partial charge in [0.1, 0.15) is 11.4 Å². The summed E-state index contributed by atoms with van der Waals surface area (Å²) in [6.45, 7) is -0.425. The highest BCUT2D eigenvalue weighted by Crippen LogP contribution is 2.15. The second-order valence-corrected chi connectivity index (χ2v) is 5.02. The molecule has 7 heteroatoms. The Labute approximate surface area is 109 Å². The van der Waals surface area contributed by atoms with E-state index in [1.54, 1.807) is 20.8 Å². The first-order valence-electron chi connectivity index (χ1n) is 5.72. The number of benzene rings is 1. The number of carbonyl (C=O) groups is 1. The van der Waals surface area contributed by atoms with E-state index < -0.39 is 30.6 Å². The lowest BCUT2D eigenvalue weighted by Gasteiger charge is -2.20. The molecule has 0 aromatic heterocycles. The van der Waals surface area contributed by atoms with E-state index >= 15 is 0 Å². The van der Waals surface area contributed by atoms with Gasteiger partial charge in [-0.05, 0) is 32.9 Å². The molecule has 1 aromatic carbocycles. The van der Waals surface area contributed by atoms with Crippen LogP contribution in [0.4, 0.5) is 12.9 Å². The minimum atomic E-state index is -5.08. The Balaban J connectivity index is 2.62. The second kappa shape index (κ2) is 5.55. The van der Waals surface area contributed by atoms with Gasteiger partial charge in [-0.3, -0.25) is 0 Å². The molecule has 19 heavy (non-hydrogen) atoms. The molecule has 0 heterocycles. The Morgan fingerprint density at radius 2 is 1.89 bits per heavy atom. The lowest BCUT2D eigenvalue weighted by molar-refractivity contribution is -0.157. The maximum atomic E-state index is 12.5. The zero-order chi connectivity index (χ0) is 14.7. The number of rotatable bonds is 4. The molecule has 0 aliphatic carbocycles. The van der Waals surface area contributed by atoms with Crippen molar-refractivity contribution in [3.05, 3.63) is 24.3 Å². The third kappa shape index (κ3) is 5.67. The van der Waals surface area contributed by atoms with Crippen LogP contribution in [0.15, 0.2) is 24.3 Å². The van der Waals surface area contributed by atoms with Gasteiger partial charge >= 0.3 is 12.9 Å². The zero-order valence-corrected chi connectivity index (χ0v) is 11.0. The first-order chi connectivity index (χ1) is 8.58. The average molecular weight is 275 g/mol. The van der Waals surface area contributed by atoms with Crippen molar-refractivity contribution in [1.29, 1.82) is 0 Å². The zero-order valence-electron chi connectivity index (χ0n) is 11.0. The third-order valence-corrected chi connectivity index (χ3v) is 2.01. The van der Waals surface area contributed by atoms with E-state index in [1.165, 1.54) is 12.1 Å². The summed E-state index contributed by atoms with van der Waals surface area (Å²) in [5.74, 6) is -0.641. The molecule has 0 fully saturated rings. The molecule has 0 unspecified atom stereocenters. The predicted octanol–water partition coefficient (Wildman–Crippen LogP) is 2.46. The largest absolute Gasteiger partial charge is 0.509 e. The molecule has 3 nitrogen and oxygen atoms in total. The molecular formula is C12H15BF3O3-. The maximum absolute atomic E-state index is 12.5. The van der Waals surface area contributed by atoms with Gasteiger partial charge in [-0.2, -0.15) is 0 Å². The SMILES string of the molecule is CC(C)(C)OC(=O)COc1cccc([B-](F)(F)F)c1. The number of hydrogen-bond acceptors (Lipinski definition) is 3. The highest BCUT2D eigenvalue weighted by Gasteiger charge is 2.25. The van der Waals surface area contributed by atoms with E-state index in [0.29, 0.717) is 0 Å². The fourth-order valence-electron chi connectivity index (χ4n) is 1.32. The van der Waals surface area contributed by atoms with Gasteiger partial charge in [-0.15, -0.1) is 5.46 Å². The first-order valence-corrected chi connectivity index (χ1v) is 5.72. The van der Waals surface area contributed by atoms with Gasteiger partial charge in [-0.25, -0.2) is 4.79 Å². The van der Waals surface area contributed by atoms with Crippen LogP contribution >= 0.6 is 0 Å². The lowest BCUT2D eigenvalue weighted by atomic mass is 9.80. The van der Waals surface area contributed by atoms with Crippen LogP contribution < -0.4 is 10.2 Å². The number of ether oxygens (including phenoxy) is 2. The Kier molecular flexibility index (Phi) is 4.50. The molecule has 0 saturated carbocycles. The molecule has 0 bridgehead atoms. The second-order valence-electron chi connectivity index (χ2n) is 5.02. The quantitative estimate of drug-likeness (QED) is 0.625. The molecule has 0 aliphatic rings. The van der Waals surface area contributed by atoms with E-state index in [0.717, 1.165) is 12.1 Å². The van der Waals surface area contributed by atoms with Crippen LogP contribution in [0, 0.1) is 0 Å². The van der Waals surface area contributed by atoms with Gasteiger partial charge in [0.2, 0.25) is 0 Å². The van der Waals surface area contributed by atoms with Crippen molar-refractivity contribution < 1.29 is 27.2 Å². The standard InChI is InChI=1S/C12H15BF3O3/c1-12(2,3)19-11(17)8-18-10-6-4-5-9(7-10)13(14,15)16/h4-7H,8H2,1-3H3/q-1. The minimum Gasteiger partial charge on any atom is -0.482 e. The Hall–Kier alpha value is -1.66. The molecule has 0 radical (unpaired) electrons. The van der Waals surface area contributed by atoms with Gasteiger partial charge in [0.25, 0.3) is 0 Å². The third-order valence-electron chi connectivity index (χ3n) is 2.01. The van der Waals surface area contributed by atoms with Crippen LogP contribution in [0.3, 0.4) is 0 Å². The summed E-state index contributed by atoms with van der Waals surface area (Å²) in [4.78, 5) is 11.3. The van der Waals surface area contributed by atoms with Crippen molar-refractivity contribution in [2.75, 3.05) is 6.61 Å². The van der Waals surface area contributed by atoms with E-state index in [2.05, 4.69) is 0 Å². The summed E-state index contributed by atoms with van der Waals surface area (Å²) in [6.07, 6.45) is 0. The molecule has 0 amide bonds. The number of esters is 1. The topological polar surface area (TPSA) is 35.5 Å². The van der Waals surface area contributed by atoms with Crippen molar-refractivity contribution in [3.63, 3.8) is 0 Å². The van der Waals surface area contributed by atoms with Gasteiger partial charge in [0, 0.05) is 0 Å². The number of carbonyl (C=O) groups excluding carboxylic acids is 1. The summed E-state index contributed by atoms with van der Waals surface area (Å²) in [6, 6.07) is 4.41. The molecular weight excluding hydrogens is 260 g/mol. The van der Waals surface area contributed by atoms with Crippen molar-refractivity contribution in [3.8, 4) is 5.75 Å². The van der Waals surface area contributed by atoms with Crippen LogP contribution in [-0.2, 0) is 9.53 Å². The first kappa shape index (κ1) is 15.4. The normalized spacial score (nSPS) is 12.1. The number of hydrogen-bond donors (Lipinski definition) is 0. The molecule has 106 valence electrons. The summed E-state index contributed by atoms with van der Waals surface area (Å²) in [7, 11) is 0. The van der Waals surface area contributed by atoms with Crippen molar-refractivity contribution in [2.45, 2.75) is 26.4 Å². The van der Waals surface area contributed by atoms with E-state index in [-0.39, 0.29) is 5.75 Å². The smallest absolute Gasteiger partial charge is 0.482 e. The van der Waals surface area contributed by atoms with Crippen LogP contribution in [0.5, 0.6) is 5.75 Å². The van der Waals surface area contributed by atoms with Gasteiger partial charge in [0.05, 0.1) is 0 Å². The average Bonchev–Trinajstić information content (AvgIpc) is 2.23. The molecule has 0 atom stereocenters. The van der Waals surface area contributed by atoms with E-state index in [9.17, 15) is 17.7 Å². The molecule has 0 aliphatic heterocycles. The van der Waals surface area contributed by atoms with Crippen LogP contribution in [0.2, 0.25) is 0 Å². The van der Waals surface area contributed by atoms with E-state index in [4.69, 9.17) is 9.47 Å². The Bertz CT molecular complexity index is 452. The monoisotopic (exact) mass is 275 g/mol. The predicted molar refractivity (Wildman–Crippen MR) is 66.5 cm³/mol. The Morgan fingerprint density at radius 3 is 2.42 bits per heavy atom. The van der Waals surface area contributed by atoms with Crippen LogP contribution in [0.25, 0.3) is 0 Å². The fraction of sp³-hybridized carbons (Fsp3) is 0.417. The van der Waals surface area contributed by atoms with Gasteiger partial charge in [-0.1, -0.05) is 12.1 Å². The van der Waals surface area contributed by atoms with Crippen molar-refractivity contribution in [2.24, 2.45) is 0 Å². The lowest BCUT2D eigenvalue weighted by Crippen LogP contribution is -2.34. The summed E-state index contributed by atoms with van der Waals surface area (Å²) in [5.41, 5.74) is -1.42. The summed E-state index contributed by atoms with van der Waals surface area (Å²) in [5, 5.41) is 0. The summed E-state index contributed by atoms with van der Waals surface area (Å²) < 4.78 is 47.5. The molecule has 1 aromatic rings. The molecule has 0 saturated heterocycles. The highest BCUT2D eigenvalue weighted by atomic mass is 19.4. The van der Waals surface area contributed by atoms with Gasteiger partial charge < -0.3 is 22.4 Å². The van der Waals surface area contributed by atoms with Crippen molar-refractivity contribution in [1.82, 2.24) is 0 Å². The maximum Gasteiger partial charge on any atom is 0.509 e. The van der Waals surface area contributed by atoms with Crippen LogP contribution in [0.1, 0.15) is 20.8 Å². The fourth-order valence-corrected chi connectivity index (χ4v) is 1.32. The van der Waals surface area contributed by atoms with E-state index in [1.807, 2.05) is 0 Å².